The molecule has 0 spiro atoms. The number of piperazine rings is 1. The lowest BCUT2D eigenvalue weighted by molar-refractivity contribution is 0.0642. The zero-order valence-electron chi connectivity index (χ0n) is 14.8. The highest BCUT2D eigenvalue weighted by molar-refractivity contribution is 5.65. The monoisotopic (exact) mass is 356 g/mol. The molecule has 3 rings (SSSR count). The van der Waals surface area contributed by atoms with E-state index in [1.807, 2.05) is 30.3 Å². The molecule has 1 atom stereocenters. The van der Waals surface area contributed by atoms with E-state index in [4.69, 9.17) is 4.74 Å². The Labute approximate surface area is 153 Å². The molecule has 1 aliphatic heterocycles. The number of aromatic hydroxyl groups is 1. The zero-order chi connectivity index (χ0) is 18.5. The van der Waals surface area contributed by atoms with Gasteiger partial charge in [-0.3, -0.25) is 4.90 Å². The van der Waals surface area contributed by atoms with Crippen molar-refractivity contribution in [2.45, 2.75) is 19.0 Å². The van der Waals surface area contributed by atoms with E-state index < -0.39 is 6.09 Å². The molecule has 138 valence electrons. The summed E-state index contributed by atoms with van der Waals surface area (Å²) in [5.74, 6) is 0.488. The van der Waals surface area contributed by atoms with Gasteiger partial charge in [-0.15, -0.1) is 0 Å². The lowest BCUT2D eigenvalue weighted by Gasteiger charge is -2.40. The summed E-state index contributed by atoms with van der Waals surface area (Å²) in [4.78, 5) is 15.4. The third kappa shape index (κ3) is 4.08. The van der Waals surface area contributed by atoms with Gasteiger partial charge in [0, 0.05) is 26.2 Å². The number of carboxylic acid groups (broad SMARTS) is 1. The fourth-order valence-electron chi connectivity index (χ4n) is 3.48. The molecule has 6 heteroatoms. The highest BCUT2D eigenvalue weighted by atomic mass is 16.5. The van der Waals surface area contributed by atoms with Crippen molar-refractivity contribution in [3.05, 3.63) is 59.7 Å². The Morgan fingerprint density at radius 3 is 2.62 bits per heavy atom. The Morgan fingerprint density at radius 2 is 1.92 bits per heavy atom. The molecule has 1 fully saturated rings. The van der Waals surface area contributed by atoms with Crippen LogP contribution in [0.4, 0.5) is 4.79 Å². The van der Waals surface area contributed by atoms with Gasteiger partial charge in [-0.1, -0.05) is 42.5 Å². The van der Waals surface area contributed by atoms with Crippen LogP contribution in [0.25, 0.3) is 0 Å². The number of phenolic OH excluding ortho intramolecular Hbond substituents is 1. The van der Waals surface area contributed by atoms with E-state index in [1.54, 1.807) is 6.07 Å². The molecule has 0 radical (unpaired) electrons. The molecule has 0 unspecified atom stereocenters. The summed E-state index contributed by atoms with van der Waals surface area (Å²) in [7, 11) is 1.50. The number of hydrogen-bond acceptors (Lipinski definition) is 4. The third-order valence-corrected chi connectivity index (χ3v) is 4.82. The fourth-order valence-corrected chi connectivity index (χ4v) is 3.48. The van der Waals surface area contributed by atoms with Crippen molar-refractivity contribution in [2.24, 2.45) is 0 Å². The maximum absolute atomic E-state index is 11.6. The molecule has 26 heavy (non-hydrogen) atoms. The molecule has 0 bridgehead atoms. The molecule has 0 aromatic heterocycles. The van der Waals surface area contributed by atoms with E-state index in [0.717, 1.165) is 6.54 Å². The minimum Gasteiger partial charge on any atom is -0.504 e. The predicted octanol–water partition coefficient (Wildman–Crippen LogP) is 2.81. The second-order valence-electron chi connectivity index (χ2n) is 6.52. The Hall–Kier alpha value is -2.73. The molecule has 0 saturated carbocycles. The number of hydrogen-bond donors (Lipinski definition) is 2. The molecular formula is C20H24N2O4. The standard InChI is InChI=1S/C20H24N2O4/c1-26-18-9-5-8-16(19(18)23)12-17-14-21(10-11-22(17)20(24)25)13-15-6-3-2-4-7-15/h2-9,17,23H,10-14H2,1H3,(H,24,25)/t17-/m0/s1. The van der Waals surface area contributed by atoms with E-state index >= 15 is 0 Å². The first-order chi connectivity index (χ1) is 12.6. The molecule has 2 aromatic carbocycles. The number of nitrogens with zero attached hydrogens (tertiary/aromatic N) is 2. The van der Waals surface area contributed by atoms with Crippen molar-refractivity contribution < 1.29 is 19.7 Å². The van der Waals surface area contributed by atoms with Gasteiger partial charge in [0.1, 0.15) is 0 Å². The number of carbonyl (C=O) groups is 1. The van der Waals surface area contributed by atoms with Crippen LogP contribution in [0, 0.1) is 0 Å². The lowest BCUT2D eigenvalue weighted by Crippen LogP contribution is -2.55. The van der Waals surface area contributed by atoms with Crippen LogP contribution in [0.2, 0.25) is 0 Å². The van der Waals surface area contributed by atoms with Crippen LogP contribution in [0.15, 0.2) is 48.5 Å². The highest BCUT2D eigenvalue weighted by Gasteiger charge is 2.31. The minimum absolute atomic E-state index is 0.0838. The van der Waals surface area contributed by atoms with E-state index in [9.17, 15) is 15.0 Å². The van der Waals surface area contributed by atoms with Crippen LogP contribution in [-0.4, -0.2) is 58.9 Å². The quantitative estimate of drug-likeness (QED) is 0.862. The summed E-state index contributed by atoms with van der Waals surface area (Å²) >= 11 is 0. The van der Waals surface area contributed by atoms with Gasteiger partial charge in [0.2, 0.25) is 0 Å². The molecule has 1 aliphatic rings. The Balaban J connectivity index is 1.76. The number of para-hydroxylation sites is 1. The fraction of sp³-hybridized carbons (Fsp3) is 0.350. The molecule has 2 N–H and O–H groups in total. The average molecular weight is 356 g/mol. The van der Waals surface area contributed by atoms with Gasteiger partial charge in [0.25, 0.3) is 0 Å². The van der Waals surface area contributed by atoms with Crippen molar-refractivity contribution in [1.29, 1.82) is 0 Å². The van der Waals surface area contributed by atoms with Crippen LogP contribution in [0.1, 0.15) is 11.1 Å². The lowest BCUT2D eigenvalue weighted by atomic mass is 10.0. The SMILES string of the molecule is COc1cccc(C[C@H]2CN(Cc3ccccc3)CCN2C(=O)O)c1O. The second-order valence-corrected chi connectivity index (χ2v) is 6.52. The van der Waals surface area contributed by atoms with Crippen LogP contribution >= 0.6 is 0 Å². The molecule has 2 aromatic rings. The summed E-state index contributed by atoms with van der Waals surface area (Å²) in [6.45, 7) is 2.56. The number of methoxy groups -OCH3 is 1. The third-order valence-electron chi connectivity index (χ3n) is 4.82. The predicted molar refractivity (Wildman–Crippen MR) is 98.6 cm³/mol. The van der Waals surface area contributed by atoms with Crippen molar-refractivity contribution in [2.75, 3.05) is 26.7 Å². The van der Waals surface area contributed by atoms with Gasteiger partial charge in [-0.2, -0.15) is 0 Å². The zero-order valence-corrected chi connectivity index (χ0v) is 14.8. The molecule has 1 saturated heterocycles. The van der Waals surface area contributed by atoms with Gasteiger partial charge in [-0.25, -0.2) is 4.79 Å². The first-order valence-corrected chi connectivity index (χ1v) is 8.69. The maximum Gasteiger partial charge on any atom is 0.407 e. The largest absolute Gasteiger partial charge is 0.504 e. The number of ether oxygens (including phenoxy) is 1. The number of phenols is 1. The second kappa shape index (κ2) is 8.10. The van der Waals surface area contributed by atoms with Gasteiger partial charge in [0.15, 0.2) is 11.5 Å². The van der Waals surface area contributed by atoms with Crippen molar-refractivity contribution in [1.82, 2.24) is 9.80 Å². The molecule has 1 heterocycles. The van der Waals surface area contributed by atoms with Gasteiger partial charge in [0.05, 0.1) is 13.2 Å². The number of amides is 1. The molecule has 0 aliphatic carbocycles. The molecular weight excluding hydrogens is 332 g/mol. The Kier molecular flexibility index (Phi) is 5.63. The van der Waals surface area contributed by atoms with Crippen LogP contribution in [0.3, 0.4) is 0 Å². The smallest absolute Gasteiger partial charge is 0.407 e. The molecule has 1 amide bonds. The first kappa shape index (κ1) is 18.1. The van der Waals surface area contributed by atoms with Crippen molar-refractivity contribution in [3.63, 3.8) is 0 Å². The van der Waals surface area contributed by atoms with Crippen LogP contribution in [-0.2, 0) is 13.0 Å². The van der Waals surface area contributed by atoms with Gasteiger partial charge in [-0.05, 0) is 23.6 Å². The van der Waals surface area contributed by atoms with Crippen molar-refractivity contribution in [3.8, 4) is 11.5 Å². The van der Waals surface area contributed by atoms with E-state index in [2.05, 4.69) is 17.0 Å². The van der Waals surface area contributed by atoms with E-state index in [-0.39, 0.29) is 11.8 Å². The number of rotatable bonds is 5. The summed E-state index contributed by atoms with van der Waals surface area (Å²) in [6.07, 6.45) is -0.475. The Morgan fingerprint density at radius 1 is 1.15 bits per heavy atom. The van der Waals surface area contributed by atoms with Gasteiger partial charge < -0.3 is 19.8 Å². The van der Waals surface area contributed by atoms with Crippen molar-refractivity contribution >= 4 is 6.09 Å². The highest BCUT2D eigenvalue weighted by Crippen LogP contribution is 2.31. The van der Waals surface area contributed by atoms with E-state index in [0.29, 0.717) is 37.4 Å². The topological polar surface area (TPSA) is 73.2 Å². The average Bonchev–Trinajstić information content (AvgIpc) is 2.64. The maximum atomic E-state index is 11.6. The first-order valence-electron chi connectivity index (χ1n) is 8.69. The van der Waals surface area contributed by atoms with E-state index in [1.165, 1.54) is 17.6 Å². The minimum atomic E-state index is -0.920. The van der Waals surface area contributed by atoms with Gasteiger partial charge >= 0.3 is 6.09 Å². The summed E-state index contributed by atoms with van der Waals surface area (Å²) in [6, 6.07) is 15.2. The summed E-state index contributed by atoms with van der Waals surface area (Å²) in [5.41, 5.74) is 1.90. The van der Waals surface area contributed by atoms with Crippen LogP contribution in [0.5, 0.6) is 11.5 Å². The molecule has 6 nitrogen and oxygen atoms in total. The summed E-state index contributed by atoms with van der Waals surface area (Å²) in [5, 5.41) is 19.9. The normalized spacial score (nSPS) is 17.9. The van der Waals surface area contributed by atoms with Crippen LogP contribution < -0.4 is 4.74 Å². The number of benzene rings is 2. The Bertz CT molecular complexity index is 751. The summed E-state index contributed by atoms with van der Waals surface area (Å²) < 4.78 is 5.16.